The fourth-order valence-electron chi connectivity index (χ4n) is 4.49. The van der Waals surface area contributed by atoms with Gasteiger partial charge < -0.3 is 18.6 Å². The number of ether oxygens (including phenoxy) is 3. The molecule has 0 radical (unpaired) electrons. The molecule has 0 unspecified atom stereocenters. The van der Waals surface area contributed by atoms with E-state index in [1.807, 2.05) is 37.3 Å². The van der Waals surface area contributed by atoms with Crippen LogP contribution < -0.4 is 14.2 Å². The van der Waals surface area contributed by atoms with Crippen LogP contribution in [-0.2, 0) is 0 Å². The van der Waals surface area contributed by atoms with Crippen LogP contribution in [0, 0.1) is 0 Å². The summed E-state index contributed by atoms with van der Waals surface area (Å²) in [6.45, 7) is 2.36. The zero-order valence-electron chi connectivity index (χ0n) is 21.1. The van der Waals surface area contributed by atoms with Crippen LogP contribution in [0.2, 0.25) is 10.0 Å². The van der Waals surface area contributed by atoms with Gasteiger partial charge in [-0.1, -0.05) is 65.7 Å². The fourth-order valence-corrected chi connectivity index (χ4v) is 4.85. The van der Waals surface area contributed by atoms with Crippen molar-refractivity contribution in [2.75, 3.05) is 6.61 Å². The van der Waals surface area contributed by atoms with E-state index in [4.69, 9.17) is 41.8 Å². The molecule has 1 aliphatic rings. The quantitative estimate of drug-likeness (QED) is 0.115. The molecule has 0 atom stereocenters. The minimum atomic E-state index is -0.628. The lowest BCUT2D eigenvalue weighted by Gasteiger charge is -2.07. The normalized spacial score (nSPS) is 13.4. The first-order valence-electron chi connectivity index (χ1n) is 12.4. The molecule has 0 N–H and O–H groups in total. The lowest BCUT2D eigenvalue weighted by atomic mass is 10.1. The Morgan fingerprint density at radius 2 is 1.73 bits per heavy atom. The molecular formula is C32H20Cl2O6. The maximum atomic E-state index is 13.6. The summed E-state index contributed by atoms with van der Waals surface area (Å²) in [6, 6.07) is 24.3. The van der Waals surface area contributed by atoms with Crippen LogP contribution in [0.4, 0.5) is 0 Å². The monoisotopic (exact) mass is 570 g/mol. The molecule has 1 aromatic heterocycles. The SMILES string of the molecule is CCOc1ccc2oc(-c3ccccc3)c(C(=O)Oc3ccc4c(c3)OC(=Cc3cccc(Cl)c3Cl)C4=O)c2c1. The number of rotatable bonds is 6. The first kappa shape index (κ1) is 25.7. The van der Waals surface area contributed by atoms with Gasteiger partial charge in [-0.25, -0.2) is 4.79 Å². The second kappa shape index (κ2) is 10.6. The smallest absolute Gasteiger partial charge is 0.348 e. The van der Waals surface area contributed by atoms with Gasteiger partial charge in [-0.2, -0.15) is 0 Å². The maximum absolute atomic E-state index is 13.6. The number of ketones is 1. The molecule has 0 amide bonds. The summed E-state index contributed by atoms with van der Waals surface area (Å²) in [5.41, 5.74) is 2.39. The van der Waals surface area contributed by atoms with Gasteiger partial charge in [0.25, 0.3) is 0 Å². The molecule has 5 aromatic rings. The molecule has 1 aliphatic heterocycles. The Morgan fingerprint density at radius 3 is 2.52 bits per heavy atom. The summed E-state index contributed by atoms with van der Waals surface area (Å²) >= 11 is 12.4. The highest BCUT2D eigenvalue weighted by atomic mass is 35.5. The number of furan rings is 1. The summed E-state index contributed by atoms with van der Waals surface area (Å²) in [5, 5.41) is 1.24. The van der Waals surface area contributed by atoms with Crippen molar-refractivity contribution in [2.24, 2.45) is 0 Å². The zero-order valence-corrected chi connectivity index (χ0v) is 22.6. The van der Waals surface area contributed by atoms with E-state index < -0.39 is 5.97 Å². The Balaban J connectivity index is 1.34. The first-order valence-corrected chi connectivity index (χ1v) is 13.2. The van der Waals surface area contributed by atoms with Crippen LogP contribution in [0.15, 0.2) is 95.1 Å². The molecule has 0 fully saturated rings. The van der Waals surface area contributed by atoms with Crippen LogP contribution in [0.25, 0.3) is 28.4 Å². The van der Waals surface area contributed by atoms with E-state index in [2.05, 4.69) is 0 Å². The van der Waals surface area contributed by atoms with Crippen LogP contribution in [0.1, 0.15) is 33.2 Å². The van der Waals surface area contributed by atoms with Crippen molar-refractivity contribution in [1.29, 1.82) is 0 Å². The van der Waals surface area contributed by atoms with Crippen LogP contribution >= 0.6 is 23.2 Å². The van der Waals surface area contributed by atoms with Crippen molar-refractivity contribution < 1.29 is 28.2 Å². The number of halogens is 2. The Hall–Kier alpha value is -4.52. The van der Waals surface area contributed by atoms with Gasteiger partial charge in [-0.3, -0.25) is 4.79 Å². The van der Waals surface area contributed by atoms with Crippen molar-refractivity contribution in [2.45, 2.75) is 6.92 Å². The molecule has 0 spiro atoms. The summed E-state index contributed by atoms with van der Waals surface area (Å²) < 4.78 is 23.4. The van der Waals surface area contributed by atoms with Crippen molar-refractivity contribution in [1.82, 2.24) is 0 Å². The number of allylic oxidation sites excluding steroid dienone is 1. The number of benzene rings is 4. The van der Waals surface area contributed by atoms with Gasteiger partial charge >= 0.3 is 5.97 Å². The number of carbonyl (C=O) groups is 2. The predicted octanol–water partition coefficient (Wildman–Crippen LogP) is 8.64. The van der Waals surface area contributed by atoms with Gasteiger partial charge in [0.2, 0.25) is 5.78 Å². The lowest BCUT2D eigenvalue weighted by Crippen LogP contribution is -2.09. The van der Waals surface area contributed by atoms with E-state index in [-0.39, 0.29) is 28.6 Å². The summed E-state index contributed by atoms with van der Waals surface area (Å²) in [6.07, 6.45) is 1.53. The predicted molar refractivity (Wildman–Crippen MR) is 154 cm³/mol. The lowest BCUT2D eigenvalue weighted by molar-refractivity contribution is 0.0736. The van der Waals surface area contributed by atoms with Gasteiger partial charge in [0.15, 0.2) is 5.76 Å². The highest BCUT2D eigenvalue weighted by molar-refractivity contribution is 6.43. The molecule has 4 aromatic carbocycles. The van der Waals surface area contributed by atoms with E-state index in [0.29, 0.717) is 50.3 Å². The molecular weight excluding hydrogens is 551 g/mol. The maximum Gasteiger partial charge on any atom is 0.348 e. The van der Waals surface area contributed by atoms with Crippen molar-refractivity contribution in [3.8, 4) is 28.6 Å². The molecule has 0 saturated carbocycles. The summed E-state index contributed by atoms with van der Waals surface area (Å²) in [7, 11) is 0. The van der Waals surface area contributed by atoms with Gasteiger partial charge in [0.05, 0.1) is 22.2 Å². The molecule has 6 rings (SSSR count). The Morgan fingerprint density at radius 1 is 0.925 bits per heavy atom. The van der Waals surface area contributed by atoms with E-state index in [9.17, 15) is 9.59 Å². The number of hydrogen-bond donors (Lipinski definition) is 0. The number of esters is 1. The molecule has 0 saturated heterocycles. The fraction of sp³-hybridized carbons (Fsp3) is 0.0625. The number of fused-ring (bicyclic) bond motifs is 2. The van der Waals surface area contributed by atoms with Crippen LogP contribution in [0.3, 0.4) is 0 Å². The third kappa shape index (κ3) is 4.72. The molecule has 6 nitrogen and oxygen atoms in total. The highest BCUT2D eigenvalue weighted by Gasteiger charge is 2.29. The number of hydrogen-bond acceptors (Lipinski definition) is 6. The Labute approximate surface area is 239 Å². The minimum Gasteiger partial charge on any atom is -0.494 e. The molecule has 8 heteroatoms. The van der Waals surface area contributed by atoms with Crippen molar-refractivity contribution in [3.05, 3.63) is 117 Å². The van der Waals surface area contributed by atoms with Crippen LogP contribution in [0.5, 0.6) is 17.2 Å². The largest absolute Gasteiger partial charge is 0.494 e. The van der Waals surface area contributed by atoms with Gasteiger partial charge in [-0.15, -0.1) is 0 Å². The topological polar surface area (TPSA) is 75.0 Å². The Bertz CT molecular complexity index is 1820. The number of Topliss-reactive ketones (excluding diaryl/α,β-unsaturated/α-hetero) is 1. The average Bonchev–Trinajstić information content (AvgIpc) is 3.49. The average molecular weight is 571 g/mol. The standard InChI is InChI=1S/C32H20Cl2O6/c1-2-37-20-12-14-25-23(16-20)28(31(40-25)18-7-4-3-5-8-18)32(36)38-21-11-13-22-26(17-21)39-27(30(22)35)15-19-9-6-10-24(33)29(19)34/h3-17H,2H2,1H3. The van der Waals surface area contributed by atoms with Gasteiger partial charge in [-0.05, 0) is 55.0 Å². The van der Waals surface area contributed by atoms with Crippen LogP contribution in [-0.4, -0.2) is 18.4 Å². The minimum absolute atomic E-state index is 0.0817. The third-order valence-corrected chi connectivity index (χ3v) is 7.16. The molecule has 40 heavy (non-hydrogen) atoms. The van der Waals surface area contributed by atoms with Crippen molar-refractivity contribution >= 4 is 52.0 Å². The number of carbonyl (C=O) groups excluding carboxylic acids is 2. The van der Waals surface area contributed by atoms with E-state index >= 15 is 0 Å². The third-order valence-electron chi connectivity index (χ3n) is 6.33. The second-order valence-electron chi connectivity index (χ2n) is 8.89. The molecule has 198 valence electrons. The first-order chi connectivity index (χ1) is 19.4. The van der Waals surface area contributed by atoms with Crippen molar-refractivity contribution in [3.63, 3.8) is 0 Å². The molecule has 0 bridgehead atoms. The van der Waals surface area contributed by atoms with E-state index in [1.165, 1.54) is 12.1 Å². The second-order valence-corrected chi connectivity index (χ2v) is 9.68. The highest BCUT2D eigenvalue weighted by Crippen LogP contribution is 2.39. The zero-order chi connectivity index (χ0) is 27.8. The molecule has 0 aliphatic carbocycles. The van der Waals surface area contributed by atoms with Gasteiger partial charge in [0, 0.05) is 17.0 Å². The Kier molecular flexibility index (Phi) is 6.80. The van der Waals surface area contributed by atoms with E-state index in [1.54, 1.807) is 48.5 Å². The van der Waals surface area contributed by atoms with E-state index in [0.717, 1.165) is 5.56 Å². The molecule has 2 heterocycles. The summed E-state index contributed by atoms with van der Waals surface area (Å²) in [4.78, 5) is 26.6. The summed E-state index contributed by atoms with van der Waals surface area (Å²) in [5.74, 6) is 0.583. The van der Waals surface area contributed by atoms with Gasteiger partial charge in [0.1, 0.15) is 34.2 Å².